The molecule has 0 saturated carbocycles. The molecule has 0 amide bonds. The minimum atomic E-state index is -0.907. The Bertz CT molecular complexity index is 387. The van der Waals surface area contributed by atoms with E-state index in [1.807, 2.05) is 9.80 Å². The zero-order valence-corrected chi connectivity index (χ0v) is 13.2. The maximum atomic E-state index is 11.3. The lowest BCUT2D eigenvalue weighted by Gasteiger charge is -2.28. The van der Waals surface area contributed by atoms with Crippen molar-refractivity contribution >= 4 is 17.7 Å². The van der Waals surface area contributed by atoms with Crippen molar-refractivity contribution in [2.45, 2.75) is 19.9 Å². The van der Waals surface area contributed by atoms with E-state index in [-0.39, 0.29) is 12.3 Å². The van der Waals surface area contributed by atoms with Crippen LogP contribution in [0, 0.1) is 0 Å². The summed E-state index contributed by atoms with van der Waals surface area (Å²) in [5.41, 5.74) is 0. The summed E-state index contributed by atoms with van der Waals surface area (Å²) in [6.07, 6.45) is 0. The first-order chi connectivity index (χ1) is 10.3. The average molecular weight is 315 g/mol. The number of aliphatic carboxylic acids is 2. The molecule has 22 heavy (non-hydrogen) atoms. The summed E-state index contributed by atoms with van der Waals surface area (Å²) in [5.74, 6) is -1.76. The standard InChI is InChI=1S/C14H25N3O5/c1-11(18)9-15-3-4-16(10-13(19)20)6-8-17(7-5-15)12(2)14(21)22/h12H,3-10H2,1-2H3,(H,19,20)(H,21,22). The van der Waals surface area contributed by atoms with E-state index in [9.17, 15) is 19.5 Å². The lowest BCUT2D eigenvalue weighted by Crippen LogP contribution is -2.45. The van der Waals surface area contributed by atoms with Crippen molar-refractivity contribution in [2.75, 3.05) is 52.4 Å². The van der Waals surface area contributed by atoms with E-state index >= 15 is 0 Å². The fourth-order valence-electron chi connectivity index (χ4n) is 2.52. The van der Waals surface area contributed by atoms with Gasteiger partial charge >= 0.3 is 11.9 Å². The normalized spacial score (nSPS) is 20.6. The average Bonchev–Trinajstić information content (AvgIpc) is 2.49. The van der Waals surface area contributed by atoms with E-state index < -0.39 is 18.0 Å². The summed E-state index contributed by atoms with van der Waals surface area (Å²) in [6.45, 7) is 6.64. The largest absolute Gasteiger partial charge is 0.480 e. The highest BCUT2D eigenvalue weighted by molar-refractivity contribution is 5.77. The maximum absolute atomic E-state index is 11.3. The van der Waals surface area contributed by atoms with Gasteiger partial charge < -0.3 is 10.2 Å². The highest BCUT2D eigenvalue weighted by Crippen LogP contribution is 2.05. The Morgan fingerprint density at radius 1 is 0.909 bits per heavy atom. The van der Waals surface area contributed by atoms with E-state index in [4.69, 9.17) is 5.11 Å². The summed E-state index contributed by atoms with van der Waals surface area (Å²) in [5, 5.41) is 18.1. The Morgan fingerprint density at radius 2 is 1.36 bits per heavy atom. The molecule has 8 heteroatoms. The Kier molecular flexibility index (Phi) is 7.43. The molecule has 1 atom stereocenters. The number of carbonyl (C=O) groups excluding carboxylic acids is 1. The zero-order chi connectivity index (χ0) is 16.7. The number of carboxylic acid groups (broad SMARTS) is 2. The minimum Gasteiger partial charge on any atom is -0.480 e. The predicted molar refractivity (Wildman–Crippen MR) is 79.9 cm³/mol. The van der Waals surface area contributed by atoms with Gasteiger partial charge in [0.15, 0.2) is 0 Å². The molecule has 0 bridgehead atoms. The number of carbonyl (C=O) groups is 3. The van der Waals surface area contributed by atoms with Gasteiger partial charge in [0, 0.05) is 39.3 Å². The quantitative estimate of drug-likeness (QED) is 0.647. The number of nitrogens with zero attached hydrogens (tertiary/aromatic N) is 3. The van der Waals surface area contributed by atoms with Gasteiger partial charge in [-0.2, -0.15) is 0 Å². The summed E-state index contributed by atoms with van der Waals surface area (Å²) < 4.78 is 0. The van der Waals surface area contributed by atoms with Crippen LogP contribution in [0.3, 0.4) is 0 Å². The molecule has 1 heterocycles. The number of ketones is 1. The third kappa shape index (κ3) is 6.50. The third-order valence-electron chi connectivity index (χ3n) is 3.85. The second-order valence-corrected chi connectivity index (χ2v) is 5.70. The topological polar surface area (TPSA) is 101 Å². The van der Waals surface area contributed by atoms with Gasteiger partial charge in [-0.25, -0.2) is 0 Å². The van der Waals surface area contributed by atoms with Gasteiger partial charge in [0.2, 0.25) is 0 Å². The molecule has 0 aromatic rings. The number of carboxylic acids is 2. The van der Waals surface area contributed by atoms with E-state index in [1.54, 1.807) is 11.8 Å². The zero-order valence-electron chi connectivity index (χ0n) is 13.2. The lowest BCUT2D eigenvalue weighted by molar-refractivity contribution is -0.143. The number of Topliss-reactive ketones (excluding diaryl/α,β-unsaturated/α-hetero) is 1. The van der Waals surface area contributed by atoms with Crippen LogP contribution in [0.4, 0.5) is 0 Å². The summed E-state index contributed by atoms with van der Waals surface area (Å²) >= 11 is 0. The molecule has 0 spiro atoms. The Balaban J connectivity index is 2.78. The van der Waals surface area contributed by atoms with Crippen LogP contribution in [0.2, 0.25) is 0 Å². The first kappa shape index (κ1) is 18.5. The van der Waals surface area contributed by atoms with E-state index in [0.717, 1.165) is 0 Å². The number of hydrogen-bond donors (Lipinski definition) is 2. The van der Waals surface area contributed by atoms with Crippen LogP contribution in [0.25, 0.3) is 0 Å². The Hall–Kier alpha value is -1.51. The van der Waals surface area contributed by atoms with E-state index in [1.165, 1.54) is 6.92 Å². The van der Waals surface area contributed by atoms with Crippen LogP contribution in [0.5, 0.6) is 0 Å². The second kappa shape index (κ2) is 8.82. The van der Waals surface area contributed by atoms with Gasteiger partial charge in [0.05, 0.1) is 13.1 Å². The smallest absolute Gasteiger partial charge is 0.320 e. The predicted octanol–water partition coefficient (Wildman–Crippen LogP) is -0.947. The van der Waals surface area contributed by atoms with Crippen molar-refractivity contribution in [3.8, 4) is 0 Å². The third-order valence-corrected chi connectivity index (χ3v) is 3.85. The maximum Gasteiger partial charge on any atom is 0.320 e. The monoisotopic (exact) mass is 315 g/mol. The first-order valence-electron chi connectivity index (χ1n) is 7.42. The second-order valence-electron chi connectivity index (χ2n) is 5.70. The highest BCUT2D eigenvalue weighted by atomic mass is 16.4. The molecular formula is C14H25N3O5. The molecule has 1 fully saturated rings. The van der Waals surface area contributed by atoms with Crippen LogP contribution < -0.4 is 0 Å². The molecule has 1 unspecified atom stereocenters. The Labute approximate surface area is 130 Å². The summed E-state index contributed by atoms with van der Waals surface area (Å²) in [7, 11) is 0. The molecule has 2 N–H and O–H groups in total. The van der Waals surface area contributed by atoms with Crippen LogP contribution in [-0.2, 0) is 14.4 Å². The molecule has 0 aromatic carbocycles. The fraction of sp³-hybridized carbons (Fsp3) is 0.786. The van der Waals surface area contributed by atoms with E-state index in [2.05, 4.69) is 0 Å². The van der Waals surface area contributed by atoms with Crippen molar-refractivity contribution in [1.82, 2.24) is 14.7 Å². The van der Waals surface area contributed by atoms with E-state index in [0.29, 0.717) is 45.8 Å². The van der Waals surface area contributed by atoms with Gasteiger partial charge in [-0.1, -0.05) is 0 Å². The number of rotatable bonds is 6. The molecule has 0 aromatic heterocycles. The summed E-state index contributed by atoms with van der Waals surface area (Å²) in [6, 6.07) is -0.635. The molecular weight excluding hydrogens is 290 g/mol. The lowest BCUT2D eigenvalue weighted by atomic mass is 10.2. The first-order valence-corrected chi connectivity index (χ1v) is 7.42. The van der Waals surface area contributed by atoms with Crippen LogP contribution >= 0.6 is 0 Å². The van der Waals surface area contributed by atoms with Gasteiger partial charge in [-0.15, -0.1) is 0 Å². The van der Waals surface area contributed by atoms with Gasteiger partial charge in [0.1, 0.15) is 11.8 Å². The Morgan fingerprint density at radius 3 is 1.77 bits per heavy atom. The van der Waals surface area contributed by atoms with Gasteiger partial charge in [-0.05, 0) is 13.8 Å². The minimum absolute atomic E-state index is 0.0434. The van der Waals surface area contributed by atoms with Crippen molar-refractivity contribution in [3.05, 3.63) is 0 Å². The van der Waals surface area contributed by atoms with Crippen molar-refractivity contribution in [2.24, 2.45) is 0 Å². The van der Waals surface area contributed by atoms with Gasteiger partial charge in [-0.3, -0.25) is 29.1 Å². The van der Waals surface area contributed by atoms with Crippen LogP contribution in [-0.4, -0.2) is 101 Å². The highest BCUT2D eigenvalue weighted by Gasteiger charge is 2.24. The van der Waals surface area contributed by atoms with Crippen molar-refractivity contribution < 1.29 is 24.6 Å². The van der Waals surface area contributed by atoms with Crippen LogP contribution in [0.1, 0.15) is 13.8 Å². The molecule has 0 aliphatic carbocycles. The number of hydrogen-bond acceptors (Lipinski definition) is 6. The molecule has 126 valence electrons. The SMILES string of the molecule is CC(=O)CN1CCN(CC(=O)O)CCN(C(C)C(=O)O)CC1. The molecule has 1 aliphatic heterocycles. The van der Waals surface area contributed by atoms with Crippen molar-refractivity contribution in [1.29, 1.82) is 0 Å². The molecule has 1 saturated heterocycles. The molecule has 0 radical (unpaired) electrons. The van der Waals surface area contributed by atoms with Crippen molar-refractivity contribution in [3.63, 3.8) is 0 Å². The molecule has 8 nitrogen and oxygen atoms in total. The summed E-state index contributed by atoms with van der Waals surface area (Å²) in [4.78, 5) is 39.0. The van der Waals surface area contributed by atoms with Gasteiger partial charge in [0.25, 0.3) is 0 Å². The molecule has 1 rings (SSSR count). The fourth-order valence-corrected chi connectivity index (χ4v) is 2.52. The molecule has 1 aliphatic rings. The van der Waals surface area contributed by atoms with Crippen LogP contribution in [0.15, 0.2) is 0 Å².